The van der Waals surface area contributed by atoms with Crippen molar-refractivity contribution in [1.29, 1.82) is 0 Å². The van der Waals surface area contributed by atoms with Gasteiger partial charge in [-0.25, -0.2) is 4.98 Å². The molecule has 0 spiro atoms. The first-order valence-electron chi connectivity index (χ1n) is 5.25. The number of nitrogens with zero attached hydrogens (tertiary/aromatic N) is 3. The van der Waals surface area contributed by atoms with E-state index < -0.39 is 0 Å². The van der Waals surface area contributed by atoms with Crippen LogP contribution in [0.25, 0.3) is 11.0 Å². The van der Waals surface area contributed by atoms with Gasteiger partial charge in [0.2, 0.25) is 0 Å². The summed E-state index contributed by atoms with van der Waals surface area (Å²) in [5.41, 5.74) is 8.38. The standard InChI is InChI=1S/C11H7Cl2N5S/c12-5-1-3-7-10(18-19-17-7)9(5)16-11-6(14)2-4-8(13)15-11/h1-4H,14H2,(H,15,16). The molecule has 0 saturated carbocycles. The molecule has 0 aliphatic rings. The number of anilines is 3. The summed E-state index contributed by atoms with van der Waals surface area (Å²) in [7, 11) is 0. The van der Waals surface area contributed by atoms with E-state index >= 15 is 0 Å². The van der Waals surface area contributed by atoms with Crippen molar-refractivity contribution in [3.8, 4) is 0 Å². The quantitative estimate of drug-likeness (QED) is 0.705. The van der Waals surface area contributed by atoms with Gasteiger partial charge in [0.25, 0.3) is 0 Å². The molecular formula is C11H7Cl2N5S. The van der Waals surface area contributed by atoms with Crippen LogP contribution in [-0.2, 0) is 0 Å². The van der Waals surface area contributed by atoms with E-state index in [-0.39, 0.29) is 0 Å². The Kier molecular flexibility index (Phi) is 3.14. The minimum Gasteiger partial charge on any atom is -0.396 e. The fourth-order valence-corrected chi connectivity index (χ4v) is 2.50. The molecule has 0 radical (unpaired) electrons. The van der Waals surface area contributed by atoms with Crippen LogP contribution in [0.1, 0.15) is 0 Å². The highest BCUT2D eigenvalue weighted by Gasteiger charge is 2.12. The van der Waals surface area contributed by atoms with E-state index in [1.54, 1.807) is 24.3 Å². The van der Waals surface area contributed by atoms with E-state index in [9.17, 15) is 0 Å². The van der Waals surface area contributed by atoms with Crippen molar-refractivity contribution >= 4 is 63.2 Å². The van der Waals surface area contributed by atoms with Gasteiger partial charge in [-0.1, -0.05) is 23.2 Å². The summed E-state index contributed by atoms with van der Waals surface area (Å²) >= 11 is 13.1. The molecule has 0 aliphatic heterocycles. The molecular weight excluding hydrogens is 305 g/mol. The summed E-state index contributed by atoms with van der Waals surface area (Å²) in [5.74, 6) is 0.440. The normalized spacial score (nSPS) is 10.8. The van der Waals surface area contributed by atoms with E-state index in [1.807, 2.05) is 0 Å². The average molecular weight is 312 g/mol. The molecule has 3 N–H and O–H groups in total. The summed E-state index contributed by atoms with van der Waals surface area (Å²) < 4.78 is 8.37. The Morgan fingerprint density at radius 3 is 2.79 bits per heavy atom. The van der Waals surface area contributed by atoms with Gasteiger partial charge in [-0.05, 0) is 24.3 Å². The van der Waals surface area contributed by atoms with Crippen molar-refractivity contribution < 1.29 is 0 Å². The third-order valence-electron chi connectivity index (χ3n) is 2.51. The lowest BCUT2D eigenvalue weighted by molar-refractivity contribution is 1.31. The number of nitrogens with two attached hydrogens (primary N) is 1. The SMILES string of the molecule is Nc1ccc(Cl)nc1Nc1c(Cl)ccc2nsnc12. The molecule has 0 aliphatic carbocycles. The second kappa shape index (κ2) is 4.80. The molecule has 1 aromatic carbocycles. The van der Waals surface area contributed by atoms with E-state index in [4.69, 9.17) is 28.9 Å². The lowest BCUT2D eigenvalue weighted by Gasteiger charge is -2.10. The lowest BCUT2D eigenvalue weighted by atomic mass is 10.2. The van der Waals surface area contributed by atoms with Crippen LogP contribution in [0.2, 0.25) is 10.2 Å². The summed E-state index contributed by atoms with van der Waals surface area (Å²) in [4.78, 5) is 4.13. The molecule has 3 aromatic rings. The van der Waals surface area contributed by atoms with Crippen LogP contribution in [0.4, 0.5) is 17.2 Å². The van der Waals surface area contributed by atoms with Crippen molar-refractivity contribution in [2.24, 2.45) is 0 Å². The fraction of sp³-hybridized carbons (Fsp3) is 0. The number of benzene rings is 1. The van der Waals surface area contributed by atoms with Crippen LogP contribution in [0.3, 0.4) is 0 Å². The zero-order valence-corrected chi connectivity index (χ0v) is 11.7. The number of hydrogen-bond donors (Lipinski definition) is 2. The van der Waals surface area contributed by atoms with Crippen molar-refractivity contribution in [2.75, 3.05) is 11.1 Å². The molecule has 8 heteroatoms. The Labute approximate surface area is 122 Å². The topological polar surface area (TPSA) is 76.7 Å². The van der Waals surface area contributed by atoms with Gasteiger partial charge in [0.15, 0.2) is 5.82 Å². The van der Waals surface area contributed by atoms with Gasteiger partial charge in [0.1, 0.15) is 16.2 Å². The van der Waals surface area contributed by atoms with Crippen LogP contribution in [0.5, 0.6) is 0 Å². The third-order valence-corrected chi connectivity index (χ3v) is 3.58. The molecule has 19 heavy (non-hydrogen) atoms. The van der Waals surface area contributed by atoms with Gasteiger partial charge in [0, 0.05) is 0 Å². The molecule has 2 aromatic heterocycles. The first kappa shape index (κ1) is 12.4. The van der Waals surface area contributed by atoms with E-state index in [0.29, 0.717) is 32.9 Å². The highest BCUT2D eigenvalue weighted by molar-refractivity contribution is 7.00. The maximum absolute atomic E-state index is 6.17. The number of halogens is 2. The number of fused-ring (bicyclic) bond motifs is 1. The number of rotatable bonds is 2. The summed E-state index contributed by atoms with van der Waals surface area (Å²) in [6, 6.07) is 6.84. The van der Waals surface area contributed by atoms with Gasteiger partial charge in [-0.2, -0.15) is 8.75 Å². The van der Waals surface area contributed by atoms with Gasteiger partial charge < -0.3 is 11.1 Å². The van der Waals surface area contributed by atoms with Gasteiger partial charge in [0.05, 0.1) is 28.1 Å². The number of nitrogen functional groups attached to an aromatic ring is 1. The Morgan fingerprint density at radius 1 is 1.11 bits per heavy atom. The molecule has 0 amide bonds. The fourth-order valence-electron chi connectivity index (χ4n) is 1.61. The Balaban J connectivity index is 2.12. The highest BCUT2D eigenvalue weighted by Crippen LogP contribution is 2.33. The number of hydrogen-bond acceptors (Lipinski definition) is 6. The van der Waals surface area contributed by atoms with Crippen molar-refractivity contribution in [2.45, 2.75) is 0 Å². The van der Waals surface area contributed by atoms with Crippen LogP contribution in [0.15, 0.2) is 24.3 Å². The molecule has 5 nitrogen and oxygen atoms in total. The summed E-state index contributed by atoms with van der Waals surface area (Å²) in [5, 5.41) is 3.92. The Morgan fingerprint density at radius 2 is 1.95 bits per heavy atom. The molecule has 0 atom stereocenters. The summed E-state index contributed by atoms with van der Waals surface area (Å²) in [6.45, 7) is 0. The highest BCUT2D eigenvalue weighted by atomic mass is 35.5. The van der Waals surface area contributed by atoms with Crippen molar-refractivity contribution in [3.63, 3.8) is 0 Å². The average Bonchev–Trinajstić information content (AvgIpc) is 2.85. The predicted molar refractivity (Wildman–Crippen MR) is 79.4 cm³/mol. The number of pyridine rings is 1. The minimum absolute atomic E-state index is 0.344. The first-order valence-corrected chi connectivity index (χ1v) is 6.73. The van der Waals surface area contributed by atoms with Crippen LogP contribution in [-0.4, -0.2) is 13.7 Å². The molecule has 0 fully saturated rings. The van der Waals surface area contributed by atoms with Gasteiger partial charge >= 0.3 is 0 Å². The lowest BCUT2D eigenvalue weighted by Crippen LogP contribution is -2.00. The minimum atomic E-state index is 0.344. The maximum atomic E-state index is 6.17. The van der Waals surface area contributed by atoms with Gasteiger partial charge in [-0.3, -0.25) is 0 Å². The second-order valence-electron chi connectivity index (χ2n) is 3.75. The monoisotopic (exact) mass is 311 g/mol. The van der Waals surface area contributed by atoms with Crippen LogP contribution >= 0.6 is 34.9 Å². The molecule has 0 saturated heterocycles. The third kappa shape index (κ3) is 2.30. The van der Waals surface area contributed by atoms with E-state index in [2.05, 4.69) is 19.0 Å². The predicted octanol–water partition coefficient (Wildman–Crippen LogP) is 3.72. The first-order chi connectivity index (χ1) is 9.15. The molecule has 0 bridgehead atoms. The largest absolute Gasteiger partial charge is 0.396 e. The van der Waals surface area contributed by atoms with E-state index in [1.165, 1.54) is 0 Å². The second-order valence-corrected chi connectivity index (χ2v) is 5.07. The molecule has 0 unspecified atom stereocenters. The number of aromatic nitrogens is 3. The zero-order chi connectivity index (χ0) is 13.4. The summed E-state index contributed by atoms with van der Waals surface area (Å²) in [6.07, 6.45) is 0. The Bertz CT molecular complexity index is 758. The van der Waals surface area contributed by atoms with Crippen LogP contribution in [0, 0.1) is 0 Å². The molecule has 3 rings (SSSR count). The Hall–Kier alpha value is -1.63. The van der Waals surface area contributed by atoms with Crippen molar-refractivity contribution in [3.05, 3.63) is 34.4 Å². The zero-order valence-electron chi connectivity index (χ0n) is 9.39. The number of nitrogens with one attached hydrogen (secondary N) is 1. The van der Waals surface area contributed by atoms with Crippen molar-refractivity contribution in [1.82, 2.24) is 13.7 Å². The maximum Gasteiger partial charge on any atom is 0.155 e. The van der Waals surface area contributed by atoms with E-state index in [0.717, 1.165) is 17.2 Å². The van der Waals surface area contributed by atoms with Gasteiger partial charge in [-0.15, -0.1) is 0 Å². The van der Waals surface area contributed by atoms with Crippen LogP contribution < -0.4 is 11.1 Å². The molecule has 96 valence electrons. The molecule has 2 heterocycles. The smallest absolute Gasteiger partial charge is 0.155 e.